The Balaban J connectivity index is 2.32. The Hall–Kier alpha value is -1.86. The fraction of sp³-hybridized carbons (Fsp3) is 0.571. The second-order valence-electron chi connectivity index (χ2n) is 4.63. The number of likely N-dealkylation sites (N-methyl/N-ethyl adjacent to an activating group) is 1. The number of carbonyl (C=O) groups is 2. The van der Waals surface area contributed by atoms with E-state index < -0.39 is 5.97 Å². The lowest BCUT2D eigenvalue weighted by Crippen LogP contribution is -2.35. The van der Waals surface area contributed by atoms with Crippen LogP contribution in [0.15, 0.2) is 16.5 Å². The molecule has 7 heteroatoms. The molecule has 1 aromatic rings. The number of esters is 1. The Labute approximate surface area is 124 Å². The van der Waals surface area contributed by atoms with Crippen LogP contribution in [0.1, 0.15) is 22.7 Å². The number of hydrogen-bond donors (Lipinski definition) is 1. The van der Waals surface area contributed by atoms with Crippen molar-refractivity contribution in [2.75, 3.05) is 41.0 Å². The number of carbonyl (C=O) groups excluding carboxylic acids is 2. The molecule has 0 saturated heterocycles. The van der Waals surface area contributed by atoms with Crippen LogP contribution >= 0.6 is 0 Å². The summed E-state index contributed by atoms with van der Waals surface area (Å²) >= 11 is 0. The Morgan fingerprint density at radius 3 is 2.76 bits per heavy atom. The molecule has 0 unspecified atom stereocenters. The van der Waals surface area contributed by atoms with E-state index in [2.05, 4.69) is 10.1 Å². The number of ether oxygens (including phenoxy) is 2. The fourth-order valence-electron chi connectivity index (χ4n) is 1.74. The molecule has 0 aromatic carbocycles. The van der Waals surface area contributed by atoms with Crippen molar-refractivity contribution < 1.29 is 23.5 Å². The first kappa shape index (κ1) is 17.2. The molecule has 1 rings (SSSR count). The lowest BCUT2D eigenvalue weighted by atomic mass is 10.4. The first-order valence-electron chi connectivity index (χ1n) is 6.68. The van der Waals surface area contributed by atoms with Crippen molar-refractivity contribution in [2.24, 2.45) is 0 Å². The monoisotopic (exact) mass is 298 g/mol. The van der Waals surface area contributed by atoms with Gasteiger partial charge in [0.15, 0.2) is 0 Å². The molecule has 0 aliphatic heterocycles. The van der Waals surface area contributed by atoms with E-state index in [-0.39, 0.29) is 18.2 Å². The number of nitrogens with one attached hydrogen (secondary N) is 1. The maximum atomic E-state index is 11.7. The van der Waals surface area contributed by atoms with E-state index in [1.54, 1.807) is 31.2 Å². The molecular formula is C14H22N2O5. The Morgan fingerprint density at radius 1 is 1.33 bits per heavy atom. The van der Waals surface area contributed by atoms with Gasteiger partial charge in [0, 0.05) is 20.3 Å². The van der Waals surface area contributed by atoms with Gasteiger partial charge < -0.3 is 19.2 Å². The standard InChI is InChI=1S/C14H22N2O5/c1-16(10-13(17)15-7-4-8-19-2)9-11-5-6-12(21-11)14(18)20-3/h5-6H,4,7-10H2,1-3H3,(H,15,17). The van der Waals surface area contributed by atoms with E-state index in [9.17, 15) is 9.59 Å². The lowest BCUT2D eigenvalue weighted by Gasteiger charge is -2.14. The summed E-state index contributed by atoms with van der Waals surface area (Å²) in [7, 11) is 4.72. The van der Waals surface area contributed by atoms with Gasteiger partial charge in [-0.3, -0.25) is 9.69 Å². The van der Waals surface area contributed by atoms with Crippen LogP contribution < -0.4 is 5.32 Å². The van der Waals surface area contributed by atoms with E-state index in [1.807, 2.05) is 0 Å². The van der Waals surface area contributed by atoms with Crippen molar-refractivity contribution in [3.05, 3.63) is 23.7 Å². The highest BCUT2D eigenvalue weighted by Gasteiger charge is 2.13. The molecule has 7 nitrogen and oxygen atoms in total. The van der Waals surface area contributed by atoms with E-state index in [1.165, 1.54) is 7.11 Å². The van der Waals surface area contributed by atoms with Gasteiger partial charge in [0.05, 0.1) is 20.2 Å². The van der Waals surface area contributed by atoms with Gasteiger partial charge in [0.2, 0.25) is 11.7 Å². The van der Waals surface area contributed by atoms with Crippen LogP contribution in [0.25, 0.3) is 0 Å². The SMILES string of the molecule is COCCCNC(=O)CN(C)Cc1ccc(C(=O)OC)o1. The molecule has 118 valence electrons. The zero-order valence-electron chi connectivity index (χ0n) is 12.7. The van der Waals surface area contributed by atoms with Gasteiger partial charge in [-0.15, -0.1) is 0 Å². The average molecular weight is 298 g/mol. The Bertz CT molecular complexity index is 458. The minimum atomic E-state index is -0.514. The highest BCUT2D eigenvalue weighted by atomic mass is 16.5. The van der Waals surface area contributed by atoms with Crippen LogP contribution in [0.5, 0.6) is 0 Å². The molecule has 0 saturated carbocycles. The van der Waals surface area contributed by atoms with Gasteiger partial charge >= 0.3 is 5.97 Å². The highest BCUT2D eigenvalue weighted by Crippen LogP contribution is 2.10. The largest absolute Gasteiger partial charge is 0.463 e. The molecule has 0 aliphatic rings. The van der Waals surface area contributed by atoms with Crippen molar-refractivity contribution >= 4 is 11.9 Å². The minimum absolute atomic E-state index is 0.0617. The van der Waals surface area contributed by atoms with Gasteiger partial charge in [-0.05, 0) is 25.6 Å². The number of amides is 1. The van der Waals surface area contributed by atoms with Crippen molar-refractivity contribution in [3.63, 3.8) is 0 Å². The van der Waals surface area contributed by atoms with Crippen molar-refractivity contribution in [1.82, 2.24) is 10.2 Å². The third-order valence-corrected chi connectivity index (χ3v) is 2.73. The van der Waals surface area contributed by atoms with Gasteiger partial charge in [-0.2, -0.15) is 0 Å². The summed E-state index contributed by atoms with van der Waals surface area (Å²) in [4.78, 5) is 24.7. The van der Waals surface area contributed by atoms with Crippen LogP contribution in [0, 0.1) is 0 Å². The summed E-state index contributed by atoms with van der Waals surface area (Å²) in [6, 6.07) is 3.25. The maximum Gasteiger partial charge on any atom is 0.373 e. The van der Waals surface area contributed by atoms with Gasteiger partial charge in [-0.1, -0.05) is 0 Å². The average Bonchev–Trinajstić information content (AvgIpc) is 2.91. The molecule has 0 radical (unpaired) electrons. The molecule has 0 spiro atoms. The smallest absolute Gasteiger partial charge is 0.373 e. The summed E-state index contributed by atoms with van der Waals surface area (Å²) in [5, 5.41) is 2.80. The van der Waals surface area contributed by atoms with Crippen LogP contribution in [0.2, 0.25) is 0 Å². The second-order valence-corrected chi connectivity index (χ2v) is 4.63. The van der Waals surface area contributed by atoms with E-state index in [0.717, 1.165) is 6.42 Å². The van der Waals surface area contributed by atoms with Gasteiger partial charge in [0.25, 0.3) is 0 Å². The summed E-state index contributed by atoms with van der Waals surface area (Å²) in [6.45, 7) is 1.90. The van der Waals surface area contributed by atoms with Crippen molar-refractivity contribution in [3.8, 4) is 0 Å². The van der Waals surface area contributed by atoms with Gasteiger partial charge in [0.1, 0.15) is 5.76 Å². The maximum absolute atomic E-state index is 11.7. The zero-order valence-corrected chi connectivity index (χ0v) is 12.7. The third-order valence-electron chi connectivity index (χ3n) is 2.73. The third kappa shape index (κ3) is 6.42. The number of nitrogens with zero attached hydrogens (tertiary/aromatic N) is 1. The molecule has 0 atom stereocenters. The lowest BCUT2D eigenvalue weighted by molar-refractivity contribution is -0.122. The number of methoxy groups -OCH3 is 2. The van der Waals surface area contributed by atoms with Crippen LogP contribution in [-0.2, 0) is 20.8 Å². The number of hydrogen-bond acceptors (Lipinski definition) is 6. The van der Waals surface area contributed by atoms with Crippen molar-refractivity contribution in [2.45, 2.75) is 13.0 Å². The first-order chi connectivity index (χ1) is 10.1. The van der Waals surface area contributed by atoms with Crippen molar-refractivity contribution in [1.29, 1.82) is 0 Å². The predicted molar refractivity (Wildman–Crippen MR) is 75.9 cm³/mol. The molecule has 0 aliphatic carbocycles. The molecule has 1 amide bonds. The summed E-state index contributed by atoms with van der Waals surface area (Å²) in [5.74, 6) is 0.183. The molecule has 1 heterocycles. The molecule has 0 bridgehead atoms. The molecular weight excluding hydrogens is 276 g/mol. The second kappa shape index (κ2) is 9.15. The highest BCUT2D eigenvalue weighted by molar-refractivity contribution is 5.86. The first-order valence-corrected chi connectivity index (χ1v) is 6.68. The fourth-order valence-corrected chi connectivity index (χ4v) is 1.74. The Morgan fingerprint density at radius 2 is 2.10 bits per heavy atom. The van der Waals surface area contributed by atoms with E-state index in [4.69, 9.17) is 9.15 Å². The quantitative estimate of drug-likeness (QED) is 0.532. The summed E-state index contributed by atoms with van der Waals surface area (Å²) in [5.41, 5.74) is 0. The zero-order chi connectivity index (χ0) is 15.7. The van der Waals surface area contributed by atoms with Crippen LogP contribution in [0.4, 0.5) is 0 Å². The minimum Gasteiger partial charge on any atom is -0.463 e. The number of rotatable bonds is 9. The molecule has 0 fully saturated rings. The summed E-state index contributed by atoms with van der Waals surface area (Å²) in [6.07, 6.45) is 0.784. The van der Waals surface area contributed by atoms with Gasteiger partial charge in [-0.25, -0.2) is 4.79 Å². The Kier molecular flexibility index (Phi) is 7.49. The predicted octanol–water partition coefficient (Wildman–Crippen LogP) is 0.651. The van der Waals surface area contributed by atoms with Crippen LogP contribution in [0.3, 0.4) is 0 Å². The van der Waals surface area contributed by atoms with E-state index >= 15 is 0 Å². The molecule has 1 aromatic heterocycles. The number of furan rings is 1. The topological polar surface area (TPSA) is 81.0 Å². The van der Waals surface area contributed by atoms with Crippen LogP contribution in [-0.4, -0.2) is 57.7 Å². The molecule has 1 N–H and O–H groups in total. The molecule has 21 heavy (non-hydrogen) atoms. The normalized spacial score (nSPS) is 10.7. The summed E-state index contributed by atoms with van der Waals surface area (Å²) < 4.78 is 14.8. The van der Waals surface area contributed by atoms with E-state index in [0.29, 0.717) is 25.5 Å².